The first-order valence-electron chi connectivity index (χ1n) is 9.40. The average Bonchev–Trinajstić information content (AvgIpc) is 3.26. The Balaban J connectivity index is 1.86. The topological polar surface area (TPSA) is 65.5 Å². The summed E-state index contributed by atoms with van der Waals surface area (Å²) in [6.07, 6.45) is 2.71. The molecule has 1 N–H and O–H groups in total. The monoisotopic (exact) mass is 467 g/mol. The largest absolute Gasteiger partial charge is 0.495 e. The number of nitrogens with one attached hydrogen (secondary N) is 1. The van der Waals surface area contributed by atoms with Gasteiger partial charge in [-0.3, -0.25) is 0 Å². The van der Waals surface area contributed by atoms with Crippen LogP contribution >= 0.6 is 34.8 Å². The predicted molar refractivity (Wildman–Crippen MR) is 121 cm³/mol. The van der Waals surface area contributed by atoms with Crippen LogP contribution in [-0.2, 0) is 4.74 Å². The first-order chi connectivity index (χ1) is 14.5. The van der Waals surface area contributed by atoms with E-state index in [0.717, 1.165) is 37.0 Å². The number of hydrogen-bond acceptors (Lipinski definition) is 6. The summed E-state index contributed by atoms with van der Waals surface area (Å²) in [6, 6.07) is 5.31. The fraction of sp³-hybridized carbons (Fsp3) is 0.333. The lowest BCUT2D eigenvalue weighted by atomic mass is 10.1. The van der Waals surface area contributed by atoms with Gasteiger partial charge < -0.3 is 19.5 Å². The van der Waals surface area contributed by atoms with Crippen LogP contribution in [0.25, 0.3) is 22.0 Å². The van der Waals surface area contributed by atoms with Crippen LogP contribution in [0, 0.1) is 5.92 Å². The third-order valence-electron chi connectivity index (χ3n) is 5.09. The van der Waals surface area contributed by atoms with Crippen LogP contribution < -0.4 is 14.8 Å². The summed E-state index contributed by atoms with van der Waals surface area (Å²) in [4.78, 5) is 9.03. The normalized spacial score (nSPS) is 16.1. The summed E-state index contributed by atoms with van der Waals surface area (Å²) >= 11 is 19.4. The number of methoxy groups -OCH3 is 2. The number of aromatic nitrogens is 2. The molecule has 1 fully saturated rings. The number of fused-ring (bicyclic) bond motifs is 1. The third-order valence-corrected chi connectivity index (χ3v) is 6.05. The van der Waals surface area contributed by atoms with E-state index < -0.39 is 0 Å². The van der Waals surface area contributed by atoms with E-state index in [-0.39, 0.29) is 0 Å². The number of hydrogen-bond donors (Lipinski definition) is 1. The molecule has 4 rings (SSSR count). The van der Waals surface area contributed by atoms with Crippen LogP contribution in [0.1, 0.15) is 6.42 Å². The molecule has 0 radical (unpaired) electrons. The molecule has 2 aromatic heterocycles. The highest BCUT2D eigenvalue weighted by molar-refractivity contribution is 6.41. The van der Waals surface area contributed by atoms with Crippen molar-refractivity contribution in [2.45, 2.75) is 6.42 Å². The zero-order valence-corrected chi connectivity index (χ0v) is 18.7. The van der Waals surface area contributed by atoms with Crippen molar-refractivity contribution in [2.75, 3.05) is 39.3 Å². The number of pyridine rings is 2. The van der Waals surface area contributed by atoms with Gasteiger partial charge in [-0.25, -0.2) is 9.97 Å². The maximum Gasteiger partial charge on any atom is 0.141 e. The SMILES string of the molecule is COc1cc(OC)c(Cl)c(-c2cc3cnc(Cl)cc3c(NCC3CCOC3)n2)c1Cl. The van der Waals surface area contributed by atoms with Crippen LogP contribution in [0.5, 0.6) is 11.5 Å². The Morgan fingerprint density at radius 3 is 2.47 bits per heavy atom. The van der Waals surface area contributed by atoms with Gasteiger partial charge in [-0.05, 0) is 18.6 Å². The second-order valence-electron chi connectivity index (χ2n) is 6.98. The van der Waals surface area contributed by atoms with Crippen molar-refractivity contribution in [1.82, 2.24) is 9.97 Å². The molecule has 0 aliphatic carbocycles. The molecule has 6 nitrogen and oxygen atoms in total. The molecule has 30 heavy (non-hydrogen) atoms. The van der Waals surface area contributed by atoms with Gasteiger partial charge in [0.1, 0.15) is 22.5 Å². The molecule has 0 bridgehead atoms. The van der Waals surface area contributed by atoms with Crippen molar-refractivity contribution in [3.8, 4) is 22.8 Å². The molecule has 1 unspecified atom stereocenters. The summed E-state index contributed by atoms with van der Waals surface area (Å²) in [5.74, 6) is 1.99. The number of benzene rings is 1. The number of ether oxygens (including phenoxy) is 3. The highest BCUT2D eigenvalue weighted by Crippen LogP contribution is 2.46. The lowest BCUT2D eigenvalue weighted by Crippen LogP contribution is -2.15. The maximum absolute atomic E-state index is 6.61. The second kappa shape index (κ2) is 9.02. The number of nitrogens with zero attached hydrogens (tertiary/aromatic N) is 2. The maximum atomic E-state index is 6.61. The van der Waals surface area contributed by atoms with Gasteiger partial charge in [-0.2, -0.15) is 0 Å². The van der Waals surface area contributed by atoms with Gasteiger partial charge in [0.2, 0.25) is 0 Å². The Morgan fingerprint density at radius 2 is 1.83 bits per heavy atom. The summed E-state index contributed by atoms with van der Waals surface area (Å²) in [5.41, 5.74) is 1.10. The minimum absolute atomic E-state index is 0.354. The Labute approximate surface area is 189 Å². The van der Waals surface area contributed by atoms with E-state index >= 15 is 0 Å². The number of halogens is 3. The van der Waals surface area contributed by atoms with E-state index in [4.69, 9.17) is 54.0 Å². The zero-order valence-electron chi connectivity index (χ0n) is 16.5. The van der Waals surface area contributed by atoms with Crippen molar-refractivity contribution < 1.29 is 14.2 Å². The fourth-order valence-electron chi connectivity index (χ4n) is 3.48. The van der Waals surface area contributed by atoms with Crippen molar-refractivity contribution >= 4 is 51.4 Å². The second-order valence-corrected chi connectivity index (χ2v) is 8.12. The van der Waals surface area contributed by atoms with Gasteiger partial charge in [0.15, 0.2) is 0 Å². The molecule has 9 heteroatoms. The van der Waals surface area contributed by atoms with Crippen LogP contribution in [0.3, 0.4) is 0 Å². The standard InChI is InChI=1S/C21H20Cl3N3O3/c1-28-15-7-16(29-2)20(24)18(19(15)23)14-5-12-9-25-17(22)6-13(12)21(27-14)26-8-11-3-4-30-10-11/h5-7,9,11H,3-4,8,10H2,1-2H3,(H,26,27). The zero-order chi connectivity index (χ0) is 21.3. The molecule has 3 heterocycles. The smallest absolute Gasteiger partial charge is 0.141 e. The van der Waals surface area contributed by atoms with Crippen molar-refractivity contribution in [3.63, 3.8) is 0 Å². The average molecular weight is 469 g/mol. The molecule has 1 aromatic carbocycles. The third kappa shape index (κ3) is 4.10. The van der Waals surface area contributed by atoms with Gasteiger partial charge in [0.25, 0.3) is 0 Å². The van der Waals surface area contributed by atoms with E-state index in [2.05, 4.69) is 10.3 Å². The van der Waals surface area contributed by atoms with Gasteiger partial charge in [0.05, 0.1) is 36.6 Å². The van der Waals surface area contributed by atoms with Crippen LogP contribution in [0.4, 0.5) is 5.82 Å². The molecule has 0 spiro atoms. The predicted octanol–water partition coefficient (Wildman–Crippen LogP) is 5.72. The lowest BCUT2D eigenvalue weighted by molar-refractivity contribution is 0.187. The molecule has 3 aromatic rings. The minimum atomic E-state index is 0.354. The molecular weight excluding hydrogens is 449 g/mol. The van der Waals surface area contributed by atoms with Gasteiger partial charge >= 0.3 is 0 Å². The van der Waals surface area contributed by atoms with Crippen molar-refractivity contribution in [3.05, 3.63) is 39.6 Å². The highest BCUT2D eigenvalue weighted by Gasteiger charge is 2.22. The Bertz CT molecular complexity index is 1060. The van der Waals surface area contributed by atoms with Crippen molar-refractivity contribution in [2.24, 2.45) is 5.92 Å². The molecule has 1 saturated heterocycles. The van der Waals surface area contributed by atoms with E-state index in [1.807, 2.05) is 6.07 Å². The summed E-state index contributed by atoms with van der Waals surface area (Å²) in [7, 11) is 3.07. The highest BCUT2D eigenvalue weighted by atomic mass is 35.5. The molecule has 1 aliphatic rings. The van der Waals surface area contributed by atoms with Crippen LogP contribution in [0.15, 0.2) is 24.4 Å². The first-order valence-corrected chi connectivity index (χ1v) is 10.5. The quantitative estimate of drug-likeness (QED) is 0.467. The van der Waals surface area contributed by atoms with Gasteiger partial charge in [-0.1, -0.05) is 34.8 Å². The Morgan fingerprint density at radius 1 is 1.10 bits per heavy atom. The molecule has 1 atom stereocenters. The van der Waals surface area contributed by atoms with E-state index in [1.165, 1.54) is 14.2 Å². The van der Waals surface area contributed by atoms with E-state index in [0.29, 0.717) is 49.7 Å². The molecule has 0 saturated carbocycles. The van der Waals surface area contributed by atoms with Crippen LogP contribution in [0.2, 0.25) is 15.2 Å². The molecule has 158 valence electrons. The minimum Gasteiger partial charge on any atom is -0.495 e. The number of rotatable bonds is 6. The lowest BCUT2D eigenvalue weighted by Gasteiger charge is -2.17. The molecular formula is C21H20Cl3N3O3. The van der Waals surface area contributed by atoms with Crippen molar-refractivity contribution in [1.29, 1.82) is 0 Å². The van der Waals surface area contributed by atoms with Crippen LogP contribution in [-0.4, -0.2) is 43.9 Å². The fourth-order valence-corrected chi connectivity index (χ4v) is 4.33. The van der Waals surface area contributed by atoms with Gasteiger partial charge in [0, 0.05) is 47.7 Å². The summed E-state index contributed by atoms with van der Waals surface area (Å²) in [6.45, 7) is 2.25. The summed E-state index contributed by atoms with van der Waals surface area (Å²) < 4.78 is 16.3. The Hall–Kier alpha value is -1.99. The molecule has 0 amide bonds. The molecule has 1 aliphatic heterocycles. The first kappa shape index (κ1) is 21.2. The number of anilines is 1. The summed E-state index contributed by atoms with van der Waals surface area (Å²) in [5, 5.41) is 6.25. The van der Waals surface area contributed by atoms with E-state index in [9.17, 15) is 0 Å². The van der Waals surface area contributed by atoms with E-state index in [1.54, 1.807) is 18.3 Å². The van der Waals surface area contributed by atoms with Gasteiger partial charge in [-0.15, -0.1) is 0 Å². The Kier molecular flexibility index (Phi) is 6.39.